The van der Waals surface area contributed by atoms with Crippen LogP contribution < -0.4 is 10.6 Å². The summed E-state index contributed by atoms with van der Waals surface area (Å²) in [5.74, 6) is 0.807. The first-order chi connectivity index (χ1) is 11.6. The van der Waals surface area contributed by atoms with Crippen LogP contribution in [0.1, 0.15) is 23.0 Å². The minimum absolute atomic E-state index is 0.156. The van der Waals surface area contributed by atoms with Gasteiger partial charge in [-0.25, -0.2) is 0 Å². The number of hydrogen-bond acceptors (Lipinski definition) is 3. The van der Waals surface area contributed by atoms with Gasteiger partial charge in [0.05, 0.1) is 0 Å². The topological polar surface area (TPSA) is 59.5 Å². The molecule has 4 heteroatoms. The zero-order valence-corrected chi connectivity index (χ0v) is 13.8. The Morgan fingerprint density at radius 3 is 2.54 bits per heavy atom. The van der Waals surface area contributed by atoms with Crippen molar-refractivity contribution in [3.63, 3.8) is 0 Å². The lowest BCUT2D eigenvalue weighted by molar-refractivity contribution is 0.0962. The van der Waals surface area contributed by atoms with Gasteiger partial charge < -0.3 is 15.1 Å². The van der Waals surface area contributed by atoms with Crippen molar-refractivity contribution in [2.24, 2.45) is 0 Å². The molecule has 0 spiro atoms. The van der Waals surface area contributed by atoms with E-state index in [0.717, 1.165) is 16.8 Å². The molecule has 0 saturated heterocycles. The highest BCUT2D eigenvalue weighted by Gasteiger charge is 2.20. The van der Waals surface area contributed by atoms with Crippen LogP contribution in [0.4, 0.5) is 11.4 Å². The van der Waals surface area contributed by atoms with Crippen LogP contribution >= 0.6 is 0 Å². The van der Waals surface area contributed by atoms with E-state index in [1.165, 1.54) is 0 Å². The van der Waals surface area contributed by atoms with E-state index in [9.17, 15) is 4.79 Å². The van der Waals surface area contributed by atoms with Crippen LogP contribution in [-0.2, 0) is 0 Å². The molecule has 0 atom stereocenters. The third-order valence-corrected chi connectivity index (χ3v) is 3.97. The Hall–Kier alpha value is -3.01. The second-order valence-corrected chi connectivity index (χ2v) is 5.62. The second-order valence-electron chi connectivity index (χ2n) is 5.62. The van der Waals surface area contributed by atoms with E-state index >= 15 is 0 Å². The summed E-state index contributed by atoms with van der Waals surface area (Å²) >= 11 is 0. The Morgan fingerprint density at radius 1 is 1.08 bits per heavy atom. The fourth-order valence-corrected chi connectivity index (χ4v) is 2.69. The lowest BCUT2D eigenvalue weighted by Crippen LogP contribution is -2.30. The monoisotopic (exact) mass is 320 g/mol. The van der Waals surface area contributed by atoms with Crippen molar-refractivity contribution in [1.82, 2.24) is 0 Å². The van der Waals surface area contributed by atoms with Crippen molar-refractivity contribution < 1.29 is 9.21 Å². The Bertz CT molecular complexity index is 853. The average Bonchev–Trinajstić information content (AvgIpc) is 3.08. The minimum Gasteiger partial charge on any atom is -0.451 e. The smallest absolute Gasteiger partial charge is 0.293 e. The molecule has 0 saturated carbocycles. The highest BCUT2D eigenvalue weighted by Crippen LogP contribution is 2.28. The van der Waals surface area contributed by atoms with Gasteiger partial charge in [0.1, 0.15) is 5.76 Å². The predicted octanol–water partition coefficient (Wildman–Crippen LogP) is 4.50. The molecule has 0 aliphatic rings. The van der Waals surface area contributed by atoms with E-state index in [0.29, 0.717) is 23.8 Å². The van der Waals surface area contributed by atoms with Crippen molar-refractivity contribution in [2.45, 2.75) is 13.8 Å². The van der Waals surface area contributed by atoms with Gasteiger partial charge in [-0.2, -0.15) is 0 Å². The lowest BCUT2D eigenvalue weighted by atomic mass is 10.1. The predicted molar refractivity (Wildman–Crippen MR) is 97.1 cm³/mol. The fraction of sp³-hybridized carbons (Fsp3) is 0.150. The molecule has 0 radical (unpaired) electrons. The maximum absolute atomic E-state index is 12.8. The summed E-state index contributed by atoms with van der Waals surface area (Å²) in [5.41, 5.74) is 9.33. The Morgan fingerprint density at radius 2 is 1.83 bits per heavy atom. The van der Waals surface area contributed by atoms with Crippen LogP contribution in [0.15, 0.2) is 65.1 Å². The number of nitrogen functional groups attached to an aromatic ring is 1. The molecule has 0 fully saturated rings. The number of hydrogen-bond donors (Lipinski definition) is 1. The number of carbonyl (C=O) groups is 1. The number of carbonyl (C=O) groups excluding carboxylic acids is 1. The molecule has 4 nitrogen and oxygen atoms in total. The van der Waals surface area contributed by atoms with Crippen molar-refractivity contribution in [3.05, 3.63) is 72.0 Å². The minimum atomic E-state index is -0.156. The molecule has 2 aromatic carbocycles. The molecular formula is C20H20N2O2. The number of aryl methyl sites for hydroxylation is 1. The molecule has 24 heavy (non-hydrogen) atoms. The number of benzene rings is 2. The summed E-state index contributed by atoms with van der Waals surface area (Å²) in [6.45, 7) is 4.49. The quantitative estimate of drug-likeness (QED) is 0.720. The summed E-state index contributed by atoms with van der Waals surface area (Å²) in [4.78, 5) is 14.5. The molecule has 2 N–H and O–H groups in total. The van der Waals surface area contributed by atoms with Gasteiger partial charge in [-0.05, 0) is 55.8 Å². The number of nitrogens with two attached hydrogens (primary N) is 1. The van der Waals surface area contributed by atoms with E-state index in [1.54, 1.807) is 11.0 Å². The highest BCUT2D eigenvalue weighted by molar-refractivity contribution is 6.04. The van der Waals surface area contributed by atoms with Gasteiger partial charge in [0.25, 0.3) is 5.91 Å². The summed E-state index contributed by atoms with van der Waals surface area (Å²) in [6.07, 6.45) is 0. The zero-order valence-electron chi connectivity index (χ0n) is 13.8. The molecule has 0 aliphatic heterocycles. The molecule has 1 heterocycles. The largest absolute Gasteiger partial charge is 0.451 e. The van der Waals surface area contributed by atoms with Gasteiger partial charge in [-0.3, -0.25) is 4.79 Å². The van der Waals surface area contributed by atoms with Crippen molar-refractivity contribution in [3.8, 4) is 11.3 Å². The van der Waals surface area contributed by atoms with Crippen molar-refractivity contribution in [2.75, 3.05) is 17.2 Å². The number of rotatable bonds is 4. The summed E-state index contributed by atoms with van der Waals surface area (Å²) in [7, 11) is 0. The Balaban J connectivity index is 1.92. The third-order valence-electron chi connectivity index (χ3n) is 3.97. The highest BCUT2D eigenvalue weighted by atomic mass is 16.4. The van der Waals surface area contributed by atoms with Crippen LogP contribution in [0, 0.1) is 6.92 Å². The van der Waals surface area contributed by atoms with E-state index in [2.05, 4.69) is 0 Å². The van der Waals surface area contributed by atoms with Crippen LogP contribution in [0.25, 0.3) is 11.3 Å². The molecule has 122 valence electrons. The van der Waals surface area contributed by atoms with E-state index < -0.39 is 0 Å². The average molecular weight is 320 g/mol. The number of amides is 1. The summed E-state index contributed by atoms with van der Waals surface area (Å²) in [5, 5.41) is 0. The van der Waals surface area contributed by atoms with E-state index in [4.69, 9.17) is 10.2 Å². The summed E-state index contributed by atoms with van der Waals surface area (Å²) in [6, 6.07) is 18.7. The molecule has 1 amide bonds. The van der Waals surface area contributed by atoms with Gasteiger partial charge in [0.15, 0.2) is 5.76 Å². The molecule has 3 rings (SSSR count). The number of furan rings is 1. The standard InChI is InChI=1S/C20H20N2O2/c1-3-22(16-7-5-4-6-8-16)20(23)19-12-11-18(24-19)17-13-15(21)10-9-14(17)2/h4-13H,3,21H2,1-2H3. The van der Waals surface area contributed by atoms with Crippen LogP contribution in [0.5, 0.6) is 0 Å². The van der Waals surface area contributed by atoms with Gasteiger partial charge in [-0.1, -0.05) is 24.3 Å². The van der Waals surface area contributed by atoms with Crippen LogP contribution in [0.3, 0.4) is 0 Å². The number of para-hydroxylation sites is 1. The molecule has 3 aromatic rings. The number of anilines is 2. The Kier molecular flexibility index (Phi) is 4.38. The second kappa shape index (κ2) is 6.62. The first kappa shape index (κ1) is 15.9. The first-order valence-electron chi connectivity index (χ1n) is 7.93. The van der Waals surface area contributed by atoms with Gasteiger partial charge in [0, 0.05) is 23.5 Å². The Labute approximate surface area is 141 Å². The molecule has 0 aliphatic carbocycles. The van der Waals surface area contributed by atoms with Gasteiger partial charge in [-0.15, -0.1) is 0 Å². The molecule has 0 unspecified atom stereocenters. The maximum atomic E-state index is 12.8. The lowest BCUT2D eigenvalue weighted by Gasteiger charge is -2.19. The van der Waals surface area contributed by atoms with E-state index in [1.807, 2.05) is 68.4 Å². The number of nitrogens with zero attached hydrogens (tertiary/aromatic N) is 1. The molecular weight excluding hydrogens is 300 g/mol. The van der Waals surface area contributed by atoms with Gasteiger partial charge >= 0.3 is 0 Å². The van der Waals surface area contributed by atoms with Crippen molar-refractivity contribution in [1.29, 1.82) is 0 Å². The fourth-order valence-electron chi connectivity index (χ4n) is 2.69. The van der Waals surface area contributed by atoms with Gasteiger partial charge in [0.2, 0.25) is 0 Å². The van der Waals surface area contributed by atoms with Crippen molar-refractivity contribution >= 4 is 17.3 Å². The summed E-state index contributed by atoms with van der Waals surface area (Å²) < 4.78 is 5.82. The zero-order chi connectivity index (χ0) is 17.1. The third kappa shape index (κ3) is 3.04. The maximum Gasteiger partial charge on any atom is 0.293 e. The first-order valence-corrected chi connectivity index (χ1v) is 7.93. The van der Waals surface area contributed by atoms with Crippen LogP contribution in [-0.4, -0.2) is 12.5 Å². The normalized spacial score (nSPS) is 10.6. The van der Waals surface area contributed by atoms with Crippen LogP contribution in [0.2, 0.25) is 0 Å². The van der Waals surface area contributed by atoms with E-state index in [-0.39, 0.29) is 5.91 Å². The molecule has 0 bridgehead atoms. The SMILES string of the molecule is CCN(C(=O)c1ccc(-c2cc(N)ccc2C)o1)c1ccccc1. The molecule has 1 aromatic heterocycles.